The third-order valence-electron chi connectivity index (χ3n) is 2.95. The van der Waals surface area contributed by atoms with E-state index in [0.29, 0.717) is 5.69 Å². The summed E-state index contributed by atoms with van der Waals surface area (Å²) in [6.45, 7) is 5.85. The molecule has 0 spiro atoms. The van der Waals surface area contributed by atoms with Crippen LogP contribution >= 0.6 is 0 Å². The normalized spacial score (nSPS) is 10.1. The first-order valence-electron chi connectivity index (χ1n) is 5.61. The van der Waals surface area contributed by atoms with E-state index in [4.69, 9.17) is 5.26 Å². The maximum Gasteiger partial charge on any atom is 0.218 e. The van der Waals surface area contributed by atoms with Gasteiger partial charge in [-0.1, -0.05) is 6.07 Å². The Morgan fingerprint density at radius 1 is 1.17 bits per heavy atom. The van der Waals surface area contributed by atoms with Gasteiger partial charge < -0.3 is 0 Å². The molecule has 0 N–H and O–H groups in total. The Labute approximate surface area is 105 Å². The van der Waals surface area contributed by atoms with Crippen molar-refractivity contribution >= 4 is 0 Å². The first-order chi connectivity index (χ1) is 8.52. The maximum atomic E-state index is 11.5. The summed E-state index contributed by atoms with van der Waals surface area (Å²) in [4.78, 5) is 11.5. The van der Waals surface area contributed by atoms with Gasteiger partial charge in [-0.25, -0.2) is 4.68 Å². The molecular weight excluding hydrogens is 226 g/mol. The van der Waals surface area contributed by atoms with Crippen LogP contribution in [0.3, 0.4) is 0 Å². The fourth-order valence-corrected chi connectivity index (χ4v) is 1.74. The van der Waals surface area contributed by atoms with Crippen molar-refractivity contribution < 1.29 is 0 Å². The molecule has 0 unspecified atom stereocenters. The third kappa shape index (κ3) is 2.03. The van der Waals surface area contributed by atoms with Crippen LogP contribution in [0.2, 0.25) is 0 Å². The lowest BCUT2D eigenvalue weighted by Gasteiger charge is -2.11. The van der Waals surface area contributed by atoms with Gasteiger partial charge in [-0.2, -0.15) is 10.4 Å². The summed E-state index contributed by atoms with van der Waals surface area (Å²) in [6, 6.07) is 9.15. The third-order valence-corrected chi connectivity index (χ3v) is 2.95. The Morgan fingerprint density at radius 2 is 1.89 bits per heavy atom. The lowest BCUT2D eigenvalue weighted by molar-refractivity contribution is 0.789. The van der Waals surface area contributed by atoms with Gasteiger partial charge in [-0.3, -0.25) is 4.79 Å². The van der Waals surface area contributed by atoms with Crippen molar-refractivity contribution in [1.82, 2.24) is 9.78 Å². The van der Waals surface area contributed by atoms with Gasteiger partial charge in [0.25, 0.3) is 0 Å². The Hall–Kier alpha value is -2.41. The van der Waals surface area contributed by atoms with Gasteiger partial charge in [0.1, 0.15) is 6.07 Å². The minimum absolute atomic E-state index is 0.0844. The van der Waals surface area contributed by atoms with Crippen LogP contribution in [0, 0.1) is 32.1 Å². The van der Waals surface area contributed by atoms with Gasteiger partial charge in [-0.05, 0) is 44.0 Å². The van der Waals surface area contributed by atoms with E-state index in [2.05, 4.69) is 5.10 Å². The summed E-state index contributed by atoms with van der Waals surface area (Å²) in [5.74, 6) is 0. The highest BCUT2D eigenvalue weighted by molar-refractivity contribution is 5.40. The highest BCUT2D eigenvalue weighted by atomic mass is 16.1. The first kappa shape index (κ1) is 12.1. The number of aromatic nitrogens is 2. The Morgan fingerprint density at radius 3 is 2.50 bits per heavy atom. The Bertz CT molecular complexity index is 708. The summed E-state index contributed by atoms with van der Waals surface area (Å²) in [6.07, 6.45) is 0. The monoisotopic (exact) mass is 239 g/mol. The summed E-state index contributed by atoms with van der Waals surface area (Å²) in [7, 11) is 0. The summed E-state index contributed by atoms with van der Waals surface area (Å²) in [5, 5.41) is 12.9. The minimum Gasteiger partial charge on any atom is -0.287 e. The molecule has 0 saturated heterocycles. The van der Waals surface area contributed by atoms with E-state index in [0.717, 1.165) is 11.3 Å². The van der Waals surface area contributed by atoms with Crippen molar-refractivity contribution in [1.29, 1.82) is 5.26 Å². The molecule has 0 aliphatic heterocycles. The zero-order valence-electron chi connectivity index (χ0n) is 10.6. The quantitative estimate of drug-likeness (QED) is 0.765. The largest absolute Gasteiger partial charge is 0.287 e. The van der Waals surface area contributed by atoms with E-state index in [1.54, 1.807) is 11.6 Å². The van der Waals surface area contributed by atoms with Crippen molar-refractivity contribution in [3.05, 3.63) is 57.0 Å². The van der Waals surface area contributed by atoms with Crippen LogP contribution in [0.1, 0.15) is 22.5 Å². The summed E-state index contributed by atoms with van der Waals surface area (Å²) in [5.41, 5.74) is 3.48. The van der Waals surface area contributed by atoms with E-state index in [-0.39, 0.29) is 11.1 Å². The fraction of sp³-hybridized carbons (Fsp3) is 0.214. The summed E-state index contributed by atoms with van der Waals surface area (Å²) >= 11 is 0. The second-order valence-corrected chi connectivity index (χ2v) is 4.29. The van der Waals surface area contributed by atoms with E-state index >= 15 is 0 Å². The Kier molecular flexibility index (Phi) is 2.99. The van der Waals surface area contributed by atoms with E-state index in [9.17, 15) is 4.79 Å². The summed E-state index contributed by atoms with van der Waals surface area (Å²) < 4.78 is 1.62. The maximum absolute atomic E-state index is 11.5. The smallest absolute Gasteiger partial charge is 0.218 e. The highest BCUT2D eigenvalue weighted by Crippen LogP contribution is 2.14. The number of benzene rings is 1. The second-order valence-electron chi connectivity index (χ2n) is 4.29. The minimum atomic E-state index is -0.338. The average Bonchev–Trinajstić information content (AvgIpc) is 2.33. The molecule has 0 fully saturated rings. The zero-order valence-corrected chi connectivity index (χ0v) is 10.6. The van der Waals surface area contributed by atoms with Crippen LogP contribution < -0.4 is 5.43 Å². The van der Waals surface area contributed by atoms with Gasteiger partial charge in [-0.15, -0.1) is 0 Å². The molecule has 4 nitrogen and oxygen atoms in total. The van der Waals surface area contributed by atoms with Gasteiger partial charge in [0.05, 0.1) is 5.69 Å². The lowest BCUT2D eigenvalue weighted by atomic mass is 10.1. The number of nitrogens with zero attached hydrogens (tertiary/aromatic N) is 3. The van der Waals surface area contributed by atoms with Gasteiger partial charge in [0.2, 0.25) is 11.1 Å². The average molecular weight is 239 g/mol. The molecule has 0 atom stereocenters. The van der Waals surface area contributed by atoms with Crippen LogP contribution in [0.15, 0.2) is 29.1 Å². The first-order valence-corrected chi connectivity index (χ1v) is 5.61. The molecular formula is C14H13N3O. The van der Waals surface area contributed by atoms with E-state index in [1.165, 1.54) is 11.6 Å². The van der Waals surface area contributed by atoms with Gasteiger partial charge in [0.15, 0.2) is 0 Å². The highest BCUT2D eigenvalue weighted by Gasteiger charge is 2.07. The molecule has 0 amide bonds. The molecule has 1 heterocycles. The number of hydrogen-bond donors (Lipinski definition) is 0. The predicted molar refractivity (Wildman–Crippen MR) is 68.8 cm³/mol. The number of nitriles is 1. The SMILES string of the molecule is Cc1ccc(-n2nc(C#N)c(=O)cc2C)cc1C. The van der Waals surface area contributed by atoms with Crippen LogP contribution in [-0.4, -0.2) is 9.78 Å². The van der Waals surface area contributed by atoms with Crippen molar-refractivity contribution in [2.45, 2.75) is 20.8 Å². The van der Waals surface area contributed by atoms with Crippen molar-refractivity contribution in [2.24, 2.45) is 0 Å². The van der Waals surface area contributed by atoms with Gasteiger partial charge in [0, 0.05) is 11.8 Å². The number of aryl methyl sites for hydroxylation is 3. The number of hydrogen-bond acceptors (Lipinski definition) is 3. The molecule has 0 radical (unpaired) electrons. The lowest BCUT2D eigenvalue weighted by Crippen LogP contribution is -2.16. The molecule has 4 heteroatoms. The molecule has 0 saturated carbocycles. The van der Waals surface area contributed by atoms with Crippen LogP contribution in [-0.2, 0) is 0 Å². The molecule has 1 aromatic carbocycles. The molecule has 1 aromatic heterocycles. The van der Waals surface area contributed by atoms with E-state index in [1.807, 2.05) is 38.1 Å². The molecule has 2 aromatic rings. The number of rotatable bonds is 1. The molecule has 0 aliphatic carbocycles. The zero-order chi connectivity index (χ0) is 13.3. The van der Waals surface area contributed by atoms with Crippen LogP contribution in [0.5, 0.6) is 0 Å². The standard InChI is InChI=1S/C14H13N3O/c1-9-4-5-12(6-10(9)2)17-11(3)7-14(18)13(8-15)16-17/h4-7H,1-3H3. The molecule has 0 aliphatic rings. The van der Waals surface area contributed by atoms with Crippen molar-refractivity contribution in [2.75, 3.05) is 0 Å². The molecule has 18 heavy (non-hydrogen) atoms. The fourth-order valence-electron chi connectivity index (χ4n) is 1.74. The van der Waals surface area contributed by atoms with Crippen molar-refractivity contribution in [3.8, 4) is 11.8 Å². The topological polar surface area (TPSA) is 58.7 Å². The molecule has 0 bridgehead atoms. The van der Waals surface area contributed by atoms with Crippen LogP contribution in [0.4, 0.5) is 0 Å². The van der Waals surface area contributed by atoms with Crippen LogP contribution in [0.25, 0.3) is 5.69 Å². The molecule has 90 valence electrons. The Balaban J connectivity index is 2.67. The van der Waals surface area contributed by atoms with Gasteiger partial charge >= 0.3 is 0 Å². The molecule has 2 rings (SSSR count). The second kappa shape index (κ2) is 4.46. The predicted octanol–water partition coefficient (Wildman–Crippen LogP) is 2.03. The van der Waals surface area contributed by atoms with Crippen molar-refractivity contribution in [3.63, 3.8) is 0 Å². The van der Waals surface area contributed by atoms with E-state index < -0.39 is 0 Å².